The lowest BCUT2D eigenvalue weighted by atomic mass is 10.1. The van der Waals surface area contributed by atoms with Crippen molar-refractivity contribution in [2.75, 3.05) is 25.2 Å². The highest BCUT2D eigenvalue weighted by Gasteiger charge is 2.42. The van der Waals surface area contributed by atoms with E-state index in [1.54, 1.807) is 0 Å². The predicted octanol–water partition coefficient (Wildman–Crippen LogP) is 3.43. The summed E-state index contributed by atoms with van der Waals surface area (Å²) >= 11 is 6.52. The van der Waals surface area contributed by atoms with Crippen LogP contribution in [-0.2, 0) is 18.1 Å². The van der Waals surface area contributed by atoms with E-state index in [-0.39, 0.29) is 0 Å². The highest BCUT2D eigenvalue weighted by Crippen LogP contribution is 2.30. The number of alkyl halides is 2. The fourth-order valence-electron chi connectivity index (χ4n) is 1.82. The van der Waals surface area contributed by atoms with Crippen molar-refractivity contribution >= 4 is 46.6 Å². The molecule has 0 heterocycles. The highest BCUT2D eigenvalue weighted by molar-refractivity contribution is 9.12. The topological polar surface area (TPSA) is 65.0 Å². The van der Waals surface area contributed by atoms with E-state index in [1.807, 2.05) is 20.8 Å². The Balaban J connectivity index is 4.63. The van der Waals surface area contributed by atoms with Crippen LogP contribution in [0.5, 0.6) is 0 Å². The molecule has 1 N–H and O–H groups in total. The molecule has 0 aromatic carbocycles. The SMILES string of the molecule is CCO[Si](CCCC(Br)(CBr)C(=O)O)(OCC)OCC. The van der Waals surface area contributed by atoms with E-state index in [9.17, 15) is 9.90 Å². The van der Waals surface area contributed by atoms with Crippen molar-refractivity contribution in [2.45, 2.75) is 44.0 Å². The van der Waals surface area contributed by atoms with Gasteiger partial charge in [0.1, 0.15) is 4.32 Å². The first-order chi connectivity index (χ1) is 9.39. The summed E-state index contributed by atoms with van der Waals surface area (Å²) in [5.74, 6) is -0.870. The van der Waals surface area contributed by atoms with Crippen molar-refractivity contribution in [1.29, 1.82) is 0 Å². The molecule has 0 saturated carbocycles. The van der Waals surface area contributed by atoms with E-state index in [2.05, 4.69) is 31.9 Å². The van der Waals surface area contributed by atoms with Gasteiger partial charge in [-0.1, -0.05) is 31.9 Å². The molecule has 5 nitrogen and oxygen atoms in total. The van der Waals surface area contributed by atoms with Gasteiger partial charge in [0.25, 0.3) is 0 Å². The summed E-state index contributed by atoms with van der Waals surface area (Å²) in [6, 6.07) is 0.621. The molecule has 0 fully saturated rings. The molecule has 0 aromatic heterocycles. The number of carboxylic acid groups (broad SMARTS) is 1. The van der Waals surface area contributed by atoms with Crippen LogP contribution < -0.4 is 0 Å². The lowest BCUT2D eigenvalue weighted by Gasteiger charge is -2.29. The van der Waals surface area contributed by atoms with Crippen LogP contribution in [0.1, 0.15) is 33.6 Å². The first-order valence-electron chi connectivity index (χ1n) is 6.79. The Bertz CT molecular complexity index is 276. The first kappa shape index (κ1) is 20.5. The third-order valence-corrected chi connectivity index (χ3v) is 8.62. The molecule has 0 bridgehead atoms. The minimum atomic E-state index is -2.67. The Morgan fingerprint density at radius 3 is 1.90 bits per heavy atom. The van der Waals surface area contributed by atoms with Gasteiger partial charge in [0.15, 0.2) is 0 Å². The summed E-state index contributed by atoms with van der Waals surface area (Å²) in [6.07, 6.45) is 1.14. The van der Waals surface area contributed by atoms with E-state index >= 15 is 0 Å². The van der Waals surface area contributed by atoms with Crippen LogP contribution in [0.4, 0.5) is 0 Å². The molecule has 0 aliphatic carbocycles. The first-order valence-corrected chi connectivity index (χ1v) is 10.6. The predicted molar refractivity (Wildman–Crippen MR) is 87.8 cm³/mol. The van der Waals surface area contributed by atoms with Gasteiger partial charge < -0.3 is 18.4 Å². The largest absolute Gasteiger partial charge is 0.500 e. The summed E-state index contributed by atoms with van der Waals surface area (Å²) in [5, 5.41) is 9.56. The molecular formula is C12H24Br2O5Si. The maximum atomic E-state index is 11.2. The second-order valence-electron chi connectivity index (χ2n) is 4.24. The number of hydrogen-bond donors (Lipinski definition) is 1. The Morgan fingerprint density at radius 2 is 1.60 bits per heavy atom. The number of carboxylic acids is 1. The molecule has 120 valence electrons. The van der Waals surface area contributed by atoms with Crippen LogP contribution in [0.3, 0.4) is 0 Å². The molecule has 8 heteroatoms. The smallest absolute Gasteiger partial charge is 0.480 e. The monoisotopic (exact) mass is 434 g/mol. The maximum absolute atomic E-state index is 11.2. The standard InChI is InChI=1S/C12H24Br2O5Si/c1-4-17-20(18-5-2,19-6-3)9-7-8-12(14,10-13)11(15)16/h4-10H2,1-3H3,(H,15,16). The van der Waals surface area contributed by atoms with Crippen LogP contribution >= 0.6 is 31.9 Å². The molecule has 0 spiro atoms. The van der Waals surface area contributed by atoms with Gasteiger partial charge in [-0.2, -0.15) is 0 Å². The van der Waals surface area contributed by atoms with Crippen molar-refractivity contribution in [2.24, 2.45) is 0 Å². The number of hydrogen-bond acceptors (Lipinski definition) is 4. The average Bonchev–Trinajstić information content (AvgIpc) is 2.39. The molecule has 20 heavy (non-hydrogen) atoms. The molecule has 1 unspecified atom stereocenters. The third kappa shape index (κ3) is 6.53. The minimum absolute atomic E-state index is 0.349. The lowest BCUT2D eigenvalue weighted by Crippen LogP contribution is -2.46. The van der Waals surface area contributed by atoms with Crippen LogP contribution in [0.15, 0.2) is 0 Å². The number of carbonyl (C=O) groups is 1. The Morgan fingerprint density at radius 1 is 1.15 bits per heavy atom. The molecule has 0 aromatic rings. The lowest BCUT2D eigenvalue weighted by molar-refractivity contribution is -0.139. The molecule has 0 aliphatic rings. The van der Waals surface area contributed by atoms with Crippen LogP contribution in [0, 0.1) is 0 Å². The van der Waals surface area contributed by atoms with Gasteiger partial charge in [0.2, 0.25) is 0 Å². The molecule has 0 saturated heterocycles. The summed E-state index contributed by atoms with van der Waals surface area (Å²) < 4.78 is 16.3. The zero-order chi connectivity index (χ0) is 15.6. The second-order valence-corrected chi connectivity index (χ2v) is 9.05. The van der Waals surface area contributed by atoms with E-state index in [0.717, 1.165) is 0 Å². The Kier molecular flexibility index (Phi) is 10.6. The zero-order valence-corrected chi connectivity index (χ0v) is 16.5. The summed E-state index contributed by atoms with van der Waals surface area (Å²) in [5.41, 5.74) is 0. The quantitative estimate of drug-likeness (QED) is 0.375. The molecule has 0 aliphatic heterocycles. The highest BCUT2D eigenvalue weighted by atomic mass is 79.9. The van der Waals surface area contributed by atoms with E-state index in [1.165, 1.54) is 0 Å². The zero-order valence-electron chi connectivity index (χ0n) is 12.3. The van der Waals surface area contributed by atoms with E-state index in [4.69, 9.17) is 13.3 Å². The van der Waals surface area contributed by atoms with Crippen molar-refractivity contribution in [3.63, 3.8) is 0 Å². The summed E-state index contributed by atoms with van der Waals surface area (Å²) in [6.45, 7) is 7.31. The Labute approximate surface area is 139 Å². The van der Waals surface area contributed by atoms with Crippen LogP contribution in [0.2, 0.25) is 6.04 Å². The number of halogens is 2. The molecule has 0 amide bonds. The van der Waals surface area contributed by atoms with Gasteiger partial charge >= 0.3 is 14.8 Å². The molecule has 1 atom stereocenters. The third-order valence-electron chi connectivity index (χ3n) is 2.74. The van der Waals surface area contributed by atoms with Crippen molar-refractivity contribution in [1.82, 2.24) is 0 Å². The van der Waals surface area contributed by atoms with Crippen molar-refractivity contribution < 1.29 is 23.2 Å². The number of aliphatic carboxylic acids is 1. The van der Waals surface area contributed by atoms with E-state index in [0.29, 0.717) is 44.0 Å². The number of rotatable bonds is 12. The maximum Gasteiger partial charge on any atom is 0.500 e. The van der Waals surface area contributed by atoms with Gasteiger partial charge in [-0.3, -0.25) is 4.79 Å². The second kappa shape index (κ2) is 10.3. The van der Waals surface area contributed by atoms with Crippen molar-refractivity contribution in [3.05, 3.63) is 0 Å². The van der Waals surface area contributed by atoms with Gasteiger partial charge in [-0.05, 0) is 33.6 Å². The fourth-order valence-corrected chi connectivity index (χ4v) is 5.23. The van der Waals surface area contributed by atoms with Gasteiger partial charge in [0, 0.05) is 31.2 Å². The fraction of sp³-hybridized carbons (Fsp3) is 0.917. The van der Waals surface area contributed by atoms with E-state index < -0.39 is 19.1 Å². The molecule has 0 rings (SSSR count). The minimum Gasteiger partial charge on any atom is -0.480 e. The normalized spacial score (nSPS) is 15.1. The van der Waals surface area contributed by atoms with Gasteiger partial charge in [-0.15, -0.1) is 0 Å². The summed E-state index contributed by atoms with van der Waals surface area (Å²) in [4.78, 5) is 11.2. The van der Waals surface area contributed by atoms with Crippen LogP contribution in [0.25, 0.3) is 0 Å². The van der Waals surface area contributed by atoms with Crippen LogP contribution in [-0.4, -0.2) is 49.4 Å². The van der Waals surface area contributed by atoms with Gasteiger partial charge in [0.05, 0.1) is 0 Å². The van der Waals surface area contributed by atoms with Crippen molar-refractivity contribution in [3.8, 4) is 0 Å². The average molecular weight is 436 g/mol. The Hall–Kier alpha value is 0.527. The van der Waals surface area contributed by atoms with Gasteiger partial charge in [-0.25, -0.2) is 0 Å². The summed E-state index contributed by atoms with van der Waals surface area (Å²) in [7, 11) is -2.67. The molecule has 0 radical (unpaired) electrons. The molecular weight excluding hydrogens is 412 g/mol.